The summed E-state index contributed by atoms with van der Waals surface area (Å²) in [5.74, 6) is 0. The molecule has 0 aliphatic heterocycles. The van der Waals surface area contributed by atoms with Gasteiger partial charge in [-0.25, -0.2) is 4.79 Å². The van der Waals surface area contributed by atoms with E-state index in [9.17, 15) is 4.79 Å². The third-order valence-corrected chi connectivity index (χ3v) is 2.46. The average Bonchev–Trinajstić information content (AvgIpc) is 2.28. The molecule has 0 heterocycles. The lowest BCUT2D eigenvalue weighted by molar-refractivity contribution is 0.218. The molecule has 0 unspecified atom stereocenters. The van der Waals surface area contributed by atoms with E-state index in [2.05, 4.69) is 10.6 Å². The number of carbonyl (C=O) groups is 1. The Morgan fingerprint density at radius 1 is 1.39 bits per heavy atom. The fourth-order valence-corrected chi connectivity index (χ4v) is 1.44. The van der Waals surface area contributed by atoms with Crippen molar-refractivity contribution < 1.29 is 9.90 Å². The smallest absolute Gasteiger partial charge is 0.319 e. The third kappa shape index (κ3) is 4.44. The second-order valence-electron chi connectivity index (χ2n) is 4.63. The third-order valence-electron chi connectivity index (χ3n) is 2.46. The number of amides is 2. The van der Waals surface area contributed by atoms with Crippen molar-refractivity contribution in [2.75, 3.05) is 11.9 Å². The van der Waals surface area contributed by atoms with Gasteiger partial charge in [0.25, 0.3) is 0 Å². The number of nitrogens with zero attached hydrogens (tertiary/aromatic N) is 1. The number of hydrogen-bond donors (Lipinski definition) is 3. The zero-order chi connectivity index (χ0) is 13.6. The molecule has 5 heteroatoms. The molecule has 18 heavy (non-hydrogen) atoms. The van der Waals surface area contributed by atoms with E-state index in [4.69, 9.17) is 10.4 Å². The second-order valence-corrected chi connectivity index (χ2v) is 4.63. The molecule has 2 amide bonds. The van der Waals surface area contributed by atoms with Gasteiger partial charge in [0.2, 0.25) is 0 Å². The van der Waals surface area contributed by atoms with Gasteiger partial charge in [-0.1, -0.05) is 0 Å². The maximum absolute atomic E-state index is 11.7. The summed E-state index contributed by atoms with van der Waals surface area (Å²) in [4.78, 5) is 11.7. The van der Waals surface area contributed by atoms with E-state index >= 15 is 0 Å². The van der Waals surface area contributed by atoms with E-state index in [1.54, 1.807) is 24.3 Å². The van der Waals surface area contributed by atoms with Gasteiger partial charge in [-0.2, -0.15) is 5.26 Å². The van der Waals surface area contributed by atoms with Crippen LogP contribution in [0.1, 0.15) is 25.8 Å². The average molecular weight is 247 g/mol. The van der Waals surface area contributed by atoms with Crippen molar-refractivity contribution in [1.82, 2.24) is 5.32 Å². The molecule has 1 aromatic rings. The molecule has 0 saturated heterocycles. The van der Waals surface area contributed by atoms with E-state index in [-0.39, 0.29) is 12.6 Å². The van der Waals surface area contributed by atoms with Gasteiger partial charge in [0.05, 0.1) is 11.6 Å². The lowest BCUT2D eigenvalue weighted by Gasteiger charge is -2.25. The zero-order valence-electron chi connectivity index (χ0n) is 10.5. The summed E-state index contributed by atoms with van der Waals surface area (Å²) >= 11 is 0. The Hall–Kier alpha value is -2.06. The molecule has 5 nitrogen and oxygen atoms in total. The highest BCUT2D eigenvalue weighted by atomic mass is 16.3. The first-order valence-corrected chi connectivity index (χ1v) is 5.67. The Kier molecular flexibility index (Phi) is 4.69. The predicted octanol–water partition coefficient (Wildman–Crippen LogP) is 1.84. The lowest BCUT2D eigenvalue weighted by atomic mass is 10.0. The highest BCUT2D eigenvalue weighted by molar-refractivity contribution is 5.89. The van der Waals surface area contributed by atoms with E-state index in [1.807, 2.05) is 19.9 Å². The maximum atomic E-state index is 11.7. The molecule has 3 N–H and O–H groups in total. The van der Waals surface area contributed by atoms with Gasteiger partial charge in [-0.15, -0.1) is 0 Å². The normalized spacial score (nSPS) is 10.6. The summed E-state index contributed by atoms with van der Waals surface area (Å²) in [5.41, 5.74) is 0.693. The first-order chi connectivity index (χ1) is 8.46. The van der Waals surface area contributed by atoms with Crippen LogP contribution in [0.4, 0.5) is 10.5 Å². The van der Waals surface area contributed by atoms with Crippen LogP contribution in [0.2, 0.25) is 0 Å². The molecule has 0 aromatic heterocycles. The van der Waals surface area contributed by atoms with E-state index in [0.717, 1.165) is 0 Å². The molecule has 96 valence electrons. The van der Waals surface area contributed by atoms with Gasteiger partial charge in [0.15, 0.2) is 0 Å². The van der Waals surface area contributed by atoms with E-state index in [0.29, 0.717) is 17.7 Å². The molecule has 0 aliphatic carbocycles. The topological polar surface area (TPSA) is 85.2 Å². The van der Waals surface area contributed by atoms with Crippen molar-refractivity contribution in [3.8, 4) is 6.07 Å². The molecule has 1 rings (SSSR count). The largest absolute Gasteiger partial charge is 0.396 e. The summed E-state index contributed by atoms with van der Waals surface area (Å²) in [6, 6.07) is 8.27. The van der Waals surface area contributed by atoms with Crippen LogP contribution in [-0.2, 0) is 0 Å². The number of hydrogen-bond acceptors (Lipinski definition) is 3. The van der Waals surface area contributed by atoms with Gasteiger partial charge in [0.1, 0.15) is 0 Å². The molecular weight excluding hydrogens is 230 g/mol. The number of nitrogens with one attached hydrogen (secondary N) is 2. The summed E-state index contributed by atoms with van der Waals surface area (Å²) in [5, 5.41) is 22.9. The SMILES string of the molecule is CC(C)(CCO)NC(=O)Nc1ccc(C#N)cc1. The first kappa shape index (κ1) is 14.0. The predicted molar refractivity (Wildman–Crippen MR) is 69.1 cm³/mol. The quantitative estimate of drug-likeness (QED) is 0.759. The zero-order valence-corrected chi connectivity index (χ0v) is 10.5. The van der Waals surface area contributed by atoms with Crippen LogP contribution in [0.3, 0.4) is 0 Å². The first-order valence-electron chi connectivity index (χ1n) is 5.67. The number of benzene rings is 1. The number of carbonyl (C=O) groups excluding carboxylic acids is 1. The van der Waals surface area contributed by atoms with Crippen molar-refractivity contribution >= 4 is 11.7 Å². The van der Waals surface area contributed by atoms with Crippen molar-refractivity contribution in [3.05, 3.63) is 29.8 Å². The van der Waals surface area contributed by atoms with Gasteiger partial charge >= 0.3 is 6.03 Å². The second kappa shape index (κ2) is 6.03. The Bertz CT molecular complexity index is 446. The number of aliphatic hydroxyl groups is 1. The van der Waals surface area contributed by atoms with Gasteiger partial charge < -0.3 is 15.7 Å². The van der Waals surface area contributed by atoms with Crippen LogP contribution in [0, 0.1) is 11.3 Å². The van der Waals surface area contributed by atoms with Crippen LogP contribution in [0.25, 0.3) is 0 Å². The Balaban J connectivity index is 2.57. The molecule has 0 spiro atoms. The molecule has 0 fully saturated rings. The molecule has 1 aromatic carbocycles. The molecule has 0 aliphatic rings. The fraction of sp³-hybridized carbons (Fsp3) is 0.385. The maximum Gasteiger partial charge on any atom is 0.319 e. The van der Waals surface area contributed by atoms with Crippen LogP contribution in [0.15, 0.2) is 24.3 Å². The fourth-order valence-electron chi connectivity index (χ4n) is 1.44. The van der Waals surface area contributed by atoms with Gasteiger partial charge in [-0.3, -0.25) is 0 Å². The molecule has 0 bridgehead atoms. The van der Waals surface area contributed by atoms with Gasteiger partial charge in [-0.05, 0) is 44.5 Å². The molecule has 0 saturated carbocycles. The highest BCUT2D eigenvalue weighted by Gasteiger charge is 2.19. The van der Waals surface area contributed by atoms with Crippen molar-refractivity contribution in [1.29, 1.82) is 5.26 Å². The Labute approximate surface area is 106 Å². The number of nitriles is 1. The minimum Gasteiger partial charge on any atom is -0.396 e. The van der Waals surface area contributed by atoms with Crippen molar-refractivity contribution in [2.24, 2.45) is 0 Å². The van der Waals surface area contributed by atoms with E-state index in [1.165, 1.54) is 0 Å². The summed E-state index contributed by atoms with van der Waals surface area (Å²) in [6.45, 7) is 3.69. The van der Waals surface area contributed by atoms with Crippen molar-refractivity contribution in [2.45, 2.75) is 25.8 Å². The monoisotopic (exact) mass is 247 g/mol. The van der Waals surface area contributed by atoms with Crippen molar-refractivity contribution in [3.63, 3.8) is 0 Å². The van der Waals surface area contributed by atoms with Crippen LogP contribution >= 0.6 is 0 Å². The van der Waals surface area contributed by atoms with Crippen LogP contribution in [0.5, 0.6) is 0 Å². The molecule has 0 atom stereocenters. The molecular formula is C13H17N3O2. The Morgan fingerprint density at radius 2 is 2.00 bits per heavy atom. The summed E-state index contributed by atoms with van der Waals surface area (Å²) in [6.07, 6.45) is 0.480. The van der Waals surface area contributed by atoms with E-state index < -0.39 is 5.54 Å². The number of anilines is 1. The minimum atomic E-state index is -0.467. The van der Waals surface area contributed by atoms with Crippen LogP contribution < -0.4 is 10.6 Å². The minimum absolute atomic E-state index is 0.0180. The summed E-state index contributed by atoms with van der Waals surface area (Å²) in [7, 11) is 0. The van der Waals surface area contributed by atoms with Crippen LogP contribution in [-0.4, -0.2) is 23.3 Å². The Morgan fingerprint density at radius 3 is 2.50 bits per heavy atom. The highest BCUT2D eigenvalue weighted by Crippen LogP contribution is 2.11. The lowest BCUT2D eigenvalue weighted by Crippen LogP contribution is -2.46. The van der Waals surface area contributed by atoms with Gasteiger partial charge in [0, 0.05) is 17.8 Å². The number of rotatable bonds is 4. The number of aliphatic hydroxyl groups excluding tert-OH is 1. The molecule has 0 radical (unpaired) electrons. The summed E-state index contributed by atoms with van der Waals surface area (Å²) < 4.78 is 0. The standard InChI is InChI=1S/C13H17N3O2/c1-13(2,7-8-17)16-12(18)15-11-5-3-10(9-14)4-6-11/h3-6,17H,7-8H2,1-2H3,(H2,15,16,18). The number of urea groups is 1.